The van der Waals surface area contributed by atoms with Crippen LogP contribution in [0.1, 0.15) is 25.7 Å². The van der Waals surface area contributed by atoms with Crippen LogP contribution in [0, 0.1) is 0 Å². The van der Waals surface area contributed by atoms with E-state index in [1.54, 1.807) is 0 Å². The van der Waals surface area contributed by atoms with Crippen molar-refractivity contribution in [1.82, 2.24) is 0 Å². The van der Waals surface area contributed by atoms with Gasteiger partial charge in [-0.1, -0.05) is 0 Å². The molecule has 0 aromatic carbocycles. The molecular weight excluding hydrogens is 160 g/mol. The second-order valence-electron chi connectivity index (χ2n) is 6.12. The summed E-state index contributed by atoms with van der Waals surface area (Å²) in [6.45, 7) is 1.31. The third-order valence-electron chi connectivity index (χ3n) is 4.22. The first-order chi connectivity index (χ1) is 5.93. The molecule has 0 radical (unpaired) electrons. The highest BCUT2D eigenvalue weighted by Gasteiger charge is 2.55. The van der Waals surface area contributed by atoms with Crippen molar-refractivity contribution in [3.05, 3.63) is 0 Å². The Morgan fingerprint density at radius 1 is 0.769 bits per heavy atom. The number of rotatable bonds is 0. The summed E-state index contributed by atoms with van der Waals surface area (Å²) in [6.07, 6.45) is 5.84. The van der Waals surface area contributed by atoms with Crippen molar-refractivity contribution < 1.29 is 8.97 Å². The first kappa shape index (κ1) is 9.47. The van der Waals surface area contributed by atoms with Gasteiger partial charge in [0.15, 0.2) is 0 Å². The Balaban J connectivity index is 2.25. The minimum Gasteiger partial charge on any atom is -0.275 e. The summed E-state index contributed by atoms with van der Waals surface area (Å²) in [6, 6.07) is 1.87. The molecule has 1 saturated heterocycles. The summed E-state index contributed by atoms with van der Waals surface area (Å²) in [4.78, 5) is 0. The van der Waals surface area contributed by atoms with E-state index in [0.717, 1.165) is 12.1 Å². The fourth-order valence-electron chi connectivity index (χ4n) is 3.87. The molecule has 2 heteroatoms. The molecule has 0 amide bonds. The van der Waals surface area contributed by atoms with Crippen LogP contribution < -0.4 is 0 Å². The number of quaternary nitrogens is 2. The van der Waals surface area contributed by atoms with Crippen molar-refractivity contribution in [2.45, 2.75) is 37.8 Å². The second kappa shape index (κ2) is 2.71. The number of hydrogen-bond donors (Lipinski definition) is 0. The van der Waals surface area contributed by atoms with E-state index in [9.17, 15) is 0 Å². The summed E-state index contributed by atoms with van der Waals surface area (Å²) in [5.41, 5.74) is 0. The lowest BCUT2D eigenvalue weighted by Crippen LogP contribution is -2.49. The van der Waals surface area contributed by atoms with Gasteiger partial charge in [-0.25, -0.2) is 0 Å². The highest BCUT2D eigenvalue weighted by Crippen LogP contribution is 2.38. The average molecular weight is 184 g/mol. The molecule has 2 fully saturated rings. The Hall–Kier alpha value is -0.0800. The van der Waals surface area contributed by atoms with Crippen molar-refractivity contribution in [3.63, 3.8) is 0 Å². The van der Waals surface area contributed by atoms with E-state index < -0.39 is 0 Å². The van der Waals surface area contributed by atoms with Crippen LogP contribution in [0.5, 0.6) is 0 Å². The van der Waals surface area contributed by atoms with Gasteiger partial charge in [0.2, 0.25) is 6.67 Å². The van der Waals surface area contributed by atoms with Crippen LogP contribution >= 0.6 is 0 Å². The zero-order valence-electron chi connectivity index (χ0n) is 9.58. The lowest BCUT2D eigenvalue weighted by atomic mass is 9.89. The summed E-state index contributed by atoms with van der Waals surface area (Å²) in [5.74, 6) is 0. The van der Waals surface area contributed by atoms with Crippen molar-refractivity contribution >= 4 is 0 Å². The van der Waals surface area contributed by atoms with E-state index in [1.165, 1.54) is 41.3 Å². The van der Waals surface area contributed by atoms with Crippen molar-refractivity contribution in [3.8, 4) is 0 Å². The summed E-state index contributed by atoms with van der Waals surface area (Å²) in [7, 11) is 9.65. The molecule has 2 aliphatic rings. The van der Waals surface area contributed by atoms with E-state index in [4.69, 9.17) is 0 Å². The molecule has 0 unspecified atom stereocenters. The highest BCUT2D eigenvalue weighted by molar-refractivity contribution is 4.79. The van der Waals surface area contributed by atoms with Crippen LogP contribution in [0.25, 0.3) is 0 Å². The predicted octanol–water partition coefficient (Wildman–Crippen LogP) is 1.42. The van der Waals surface area contributed by atoms with Gasteiger partial charge in [0, 0.05) is 12.8 Å². The number of nitrogens with zero attached hydrogens (tertiary/aromatic N) is 2. The predicted molar refractivity (Wildman–Crippen MR) is 55.1 cm³/mol. The molecule has 13 heavy (non-hydrogen) atoms. The highest BCUT2D eigenvalue weighted by atomic mass is 15.6. The summed E-state index contributed by atoms with van der Waals surface area (Å²) in [5, 5.41) is 0. The molecule has 0 bridgehead atoms. The minimum atomic E-state index is 0.934. The summed E-state index contributed by atoms with van der Waals surface area (Å²) < 4.78 is 2.50. The van der Waals surface area contributed by atoms with Gasteiger partial charge in [-0.15, -0.1) is 0 Å². The minimum absolute atomic E-state index is 0.934. The van der Waals surface area contributed by atoms with Crippen molar-refractivity contribution in [2.75, 3.05) is 34.9 Å². The molecule has 0 aromatic rings. The Labute approximate surface area is 82.3 Å². The molecule has 0 spiro atoms. The molecule has 2 nitrogen and oxygen atoms in total. The second-order valence-corrected chi connectivity index (χ2v) is 6.12. The summed E-state index contributed by atoms with van der Waals surface area (Å²) >= 11 is 0. The first-order valence-electron chi connectivity index (χ1n) is 5.59. The van der Waals surface area contributed by atoms with Crippen LogP contribution in [0.3, 0.4) is 0 Å². The largest absolute Gasteiger partial charge is 0.275 e. The molecule has 0 aromatic heterocycles. The molecule has 76 valence electrons. The van der Waals surface area contributed by atoms with Gasteiger partial charge in [0.05, 0.1) is 28.2 Å². The Morgan fingerprint density at radius 2 is 1.15 bits per heavy atom. The van der Waals surface area contributed by atoms with Gasteiger partial charge in [0.25, 0.3) is 0 Å². The average Bonchev–Trinajstić information content (AvgIpc) is 2.20. The Kier molecular flexibility index (Phi) is 1.97. The van der Waals surface area contributed by atoms with Gasteiger partial charge in [-0.2, -0.15) is 0 Å². The van der Waals surface area contributed by atoms with Crippen molar-refractivity contribution in [2.24, 2.45) is 0 Å². The number of fused-ring (bicyclic) bond motifs is 1. The lowest BCUT2D eigenvalue weighted by Gasteiger charge is -2.32. The van der Waals surface area contributed by atoms with Crippen molar-refractivity contribution in [1.29, 1.82) is 0 Å². The maximum Gasteiger partial charge on any atom is 0.207 e. The quantitative estimate of drug-likeness (QED) is 0.500. The van der Waals surface area contributed by atoms with Gasteiger partial charge < -0.3 is 0 Å². The van der Waals surface area contributed by atoms with E-state index in [2.05, 4.69) is 28.2 Å². The molecule has 1 aliphatic heterocycles. The van der Waals surface area contributed by atoms with Gasteiger partial charge in [-0.3, -0.25) is 8.97 Å². The standard InChI is InChI=1S/C11H24N2/c1-12(2)9-13(3,4)11-8-6-5-7-10(11)12/h10-11H,5-9H2,1-4H3/q+2/t10-,11-/m1/s1. The fourth-order valence-corrected chi connectivity index (χ4v) is 3.87. The number of hydrogen-bond acceptors (Lipinski definition) is 0. The van der Waals surface area contributed by atoms with E-state index >= 15 is 0 Å². The van der Waals surface area contributed by atoms with Crippen LogP contribution in [0.2, 0.25) is 0 Å². The maximum absolute atomic E-state index is 2.41. The third kappa shape index (κ3) is 1.40. The molecule has 1 heterocycles. The van der Waals surface area contributed by atoms with Gasteiger partial charge in [-0.05, 0) is 12.8 Å². The topological polar surface area (TPSA) is 0 Å². The Morgan fingerprint density at radius 3 is 1.54 bits per heavy atom. The monoisotopic (exact) mass is 184 g/mol. The fraction of sp³-hybridized carbons (Fsp3) is 1.00. The maximum atomic E-state index is 2.41. The van der Waals surface area contributed by atoms with Gasteiger partial charge >= 0.3 is 0 Å². The lowest BCUT2D eigenvalue weighted by molar-refractivity contribution is -1.02. The molecular formula is C11H24N2+2. The number of likely N-dealkylation sites (N-methyl/N-ethyl adjacent to an activating group) is 2. The van der Waals surface area contributed by atoms with Crippen LogP contribution in [0.15, 0.2) is 0 Å². The smallest absolute Gasteiger partial charge is 0.207 e. The van der Waals surface area contributed by atoms with E-state index in [1.807, 2.05) is 0 Å². The van der Waals surface area contributed by atoms with E-state index in [-0.39, 0.29) is 0 Å². The molecule has 0 N–H and O–H groups in total. The zero-order chi connectivity index (χ0) is 9.69. The van der Waals surface area contributed by atoms with Crippen LogP contribution in [0.4, 0.5) is 0 Å². The Bertz CT molecular complexity index is 186. The first-order valence-corrected chi connectivity index (χ1v) is 5.59. The van der Waals surface area contributed by atoms with E-state index in [0.29, 0.717) is 0 Å². The SMILES string of the molecule is C[N+]1(C)C[N+](C)(C)[C@@H]2CCCC[C@H]21. The van der Waals surface area contributed by atoms with Crippen LogP contribution in [-0.4, -0.2) is 55.9 Å². The van der Waals surface area contributed by atoms with Gasteiger partial charge in [0.1, 0.15) is 12.1 Å². The zero-order valence-corrected chi connectivity index (χ0v) is 9.58. The van der Waals surface area contributed by atoms with Crippen LogP contribution in [-0.2, 0) is 0 Å². The third-order valence-corrected chi connectivity index (χ3v) is 4.22. The normalized spacial score (nSPS) is 41.5. The molecule has 2 rings (SSSR count). The molecule has 1 saturated carbocycles. The molecule has 2 atom stereocenters. The molecule has 1 aliphatic carbocycles.